The Balaban J connectivity index is 1.41. The fraction of sp³-hybridized carbons (Fsp3) is 0.760. The van der Waals surface area contributed by atoms with Crippen LogP contribution in [0.15, 0.2) is 24.5 Å². The number of fused-ring (bicyclic) bond motifs is 5. The van der Waals surface area contributed by atoms with Gasteiger partial charge in [0.05, 0.1) is 12.3 Å². The number of nitrogens with zero attached hydrogens (tertiary/aromatic N) is 2. The maximum Gasteiger partial charge on any atom is 0.222 e. The number of amides is 1. The van der Waals surface area contributed by atoms with Crippen molar-refractivity contribution < 1.29 is 9.53 Å². The Kier molecular flexibility index (Phi) is 4.49. The normalized spacial score (nSPS) is 46.6. The van der Waals surface area contributed by atoms with Crippen LogP contribution >= 0.6 is 0 Å². The fourth-order valence-electron chi connectivity index (χ4n) is 8.16. The average Bonchev–Trinajstić information content (AvgIpc) is 3.03. The van der Waals surface area contributed by atoms with Crippen LogP contribution in [0.4, 0.5) is 0 Å². The van der Waals surface area contributed by atoms with Crippen molar-refractivity contribution in [2.24, 2.45) is 34.5 Å². The summed E-state index contributed by atoms with van der Waals surface area (Å²) in [6.45, 7) is 7.49. The molecule has 1 aromatic rings. The minimum absolute atomic E-state index is 0.281. The first-order chi connectivity index (χ1) is 13.8. The monoisotopic (exact) mass is 396 g/mol. The average molecular weight is 397 g/mol. The van der Waals surface area contributed by atoms with E-state index in [2.05, 4.69) is 37.7 Å². The Labute approximate surface area is 175 Å². The van der Waals surface area contributed by atoms with E-state index in [1.807, 2.05) is 18.3 Å². The van der Waals surface area contributed by atoms with Gasteiger partial charge in [-0.05, 0) is 85.2 Å². The first kappa shape index (κ1) is 19.4. The summed E-state index contributed by atoms with van der Waals surface area (Å²) in [6, 6.07) is 4.41. The number of pyridine rings is 1. The molecule has 29 heavy (non-hydrogen) atoms. The molecule has 8 atom stereocenters. The molecule has 0 N–H and O–H groups in total. The second-order valence-corrected chi connectivity index (χ2v) is 11.1. The maximum absolute atomic E-state index is 12.4. The van der Waals surface area contributed by atoms with Crippen LogP contribution in [0.1, 0.15) is 65.7 Å². The van der Waals surface area contributed by atoms with Crippen LogP contribution in [-0.4, -0.2) is 35.0 Å². The minimum atomic E-state index is 0.281. The molecule has 4 nitrogen and oxygen atoms in total. The number of piperidine rings is 1. The van der Waals surface area contributed by atoms with Crippen molar-refractivity contribution in [2.45, 2.75) is 77.9 Å². The van der Waals surface area contributed by atoms with Gasteiger partial charge in [-0.1, -0.05) is 20.8 Å². The Hall–Kier alpha value is -1.58. The van der Waals surface area contributed by atoms with Gasteiger partial charge in [-0.3, -0.25) is 9.78 Å². The first-order valence-corrected chi connectivity index (χ1v) is 11.6. The van der Waals surface area contributed by atoms with Gasteiger partial charge in [0.15, 0.2) is 0 Å². The van der Waals surface area contributed by atoms with E-state index >= 15 is 0 Å². The number of likely N-dealkylation sites (tertiary alicyclic amines) is 1. The highest BCUT2D eigenvalue weighted by molar-refractivity contribution is 5.77. The molecule has 2 heterocycles. The predicted octanol–water partition coefficient (Wildman–Crippen LogP) is 4.94. The lowest BCUT2D eigenvalue weighted by Crippen LogP contribution is -2.62. The van der Waals surface area contributed by atoms with Gasteiger partial charge in [0.2, 0.25) is 5.91 Å². The highest BCUT2D eigenvalue weighted by Crippen LogP contribution is 2.66. The summed E-state index contributed by atoms with van der Waals surface area (Å²) < 4.78 is 6.39. The van der Waals surface area contributed by atoms with Crippen LogP contribution in [0.25, 0.3) is 0 Å². The second kappa shape index (κ2) is 6.72. The molecule has 4 heteroatoms. The molecule has 4 aliphatic rings. The molecule has 2 unspecified atom stereocenters. The van der Waals surface area contributed by atoms with Crippen LogP contribution in [0.2, 0.25) is 0 Å². The fourth-order valence-corrected chi connectivity index (χ4v) is 8.16. The molecule has 1 amide bonds. The summed E-state index contributed by atoms with van der Waals surface area (Å²) in [6.07, 6.45) is 11.9. The molecule has 1 aliphatic heterocycles. The summed E-state index contributed by atoms with van der Waals surface area (Å²) in [5.41, 5.74) is 0.672. The molecule has 0 bridgehead atoms. The van der Waals surface area contributed by atoms with Gasteiger partial charge in [-0.15, -0.1) is 0 Å². The number of carbonyl (C=O) groups is 1. The van der Waals surface area contributed by atoms with Crippen LogP contribution in [0, 0.1) is 34.5 Å². The van der Waals surface area contributed by atoms with Gasteiger partial charge in [0.1, 0.15) is 5.75 Å². The second-order valence-electron chi connectivity index (χ2n) is 11.1. The third-order valence-corrected chi connectivity index (χ3v) is 9.60. The Morgan fingerprint density at radius 2 is 2.03 bits per heavy atom. The summed E-state index contributed by atoms with van der Waals surface area (Å²) in [5, 5.41) is 0. The van der Waals surface area contributed by atoms with Crippen LogP contribution in [0.3, 0.4) is 0 Å². The number of aromatic nitrogens is 1. The highest BCUT2D eigenvalue weighted by Gasteiger charge is 2.62. The predicted molar refractivity (Wildman–Crippen MR) is 113 cm³/mol. The third kappa shape index (κ3) is 2.92. The van der Waals surface area contributed by atoms with Gasteiger partial charge in [0, 0.05) is 25.7 Å². The lowest BCUT2D eigenvalue weighted by Gasteiger charge is -2.63. The molecule has 0 aromatic carbocycles. The van der Waals surface area contributed by atoms with E-state index in [0.29, 0.717) is 29.4 Å². The van der Waals surface area contributed by atoms with Crippen LogP contribution < -0.4 is 4.74 Å². The van der Waals surface area contributed by atoms with Crippen LogP contribution in [-0.2, 0) is 4.79 Å². The standard InChI is InChI=1S/C25H36N2O2/c1-16-12-21-25(3,10-8-22(28)27(21)4)19-7-9-24(2)14-18(13-20(24)23(16)19)29-17-6-5-11-26-15-17/h5-6,11,15-16,18-21,23H,7-10,12-14H2,1-4H3/t16?,18-,19-,20-,21+,23?,24+,25+/m0/s1. The van der Waals surface area contributed by atoms with Crippen molar-refractivity contribution in [3.63, 3.8) is 0 Å². The molecule has 3 aliphatic carbocycles. The van der Waals surface area contributed by atoms with Crippen molar-refractivity contribution in [3.05, 3.63) is 24.5 Å². The molecule has 158 valence electrons. The van der Waals surface area contributed by atoms with E-state index in [4.69, 9.17) is 4.74 Å². The molecule has 4 fully saturated rings. The summed E-state index contributed by atoms with van der Waals surface area (Å²) in [7, 11) is 2.05. The Morgan fingerprint density at radius 3 is 2.79 bits per heavy atom. The molecule has 1 aromatic heterocycles. The smallest absolute Gasteiger partial charge is 0.222 e. The summed E-state index contributed by atoms with van der Waals surface area (Å²) in [5.74, 6) is 4.17. The lowest BCUT2D eigenvalue weighted by molar-refractivity contribution is -0.164. The number of hydrogen-bond acceptors (Lipinski definition) is 3. The molecular formula is C25H36N2O2. The SMILES string of the molecule is CC1C[C@H]2N(C)C(=O)CC[C@]2(C)[C@H]2CC[C@]3(C)C[C@@H](Oc4cccnc4)C[C@H]3C12. The van der Waals surface area contributed by atoms with Crippen molar-refractivity contribution in [3.8, 4) is 5.75 Å². The Bertz CT molecular complexity index is 782. The molecule has 3 saturated carbocycles. The van der Waals surface area contributed by atoms with E-state index in [-0.39, 0.29) is 5.41 Å². The van der Waals surface area contributed by atoms with Crippen LogP contribution in [0.5, 0.6) is 5.75 Å². The quantitative estimate of drug-likeness (QED) is 0.711. The van der Waals surface area contributed by atoms with E-state index < -0.39 is 0 Å². The summed E-state index contributed by atoms with van der Waals surface area (Å²) in [4.78, 5) is 18.7. The van der Waals surface area contributed by atoms with Crippen molar-refractivity contribution in [1.82, 2.24) is 9.88 Å². The number of ether oxygens (including phenoxy) is 1. The number of hydrogen-bond donors (Lipinski definition) is 0. The van der Waals surface area contributed by atoms with Gasteiger partial charge >= 0.3 is 0 Å². The molecule has 0 radical (unpaired) electrons. The molecule has 1 saturated heterocycles. The van der Waals surface area contributed by atoms with Crippen molar-refractivity contribution in [2.75, 3.05) is 7.05 Å². The minimum Gasteiger partial charge on any atom is -0.489 e. The van der Waals surface area contributed by atoms with E-state index in [1.165, 1.54) is 32.1 Å². The molecule has 0 spiro atoms. The van der Waals surface area contributed by atoms with Gasteiger partial charge in [-0.25, -0.2) is 0 Å². The molecular weight excluding hydrogens is 360 g/mol. The first-order valence-electron chi connectivity index (χ1n) is 11.6. The van der Waals surface area contributed by atoms with E-state index in [0.717, 1.165) is 36.3 Å². The van der Waals surface area contributed by atoms with Crippen molar-refractivity contribution >= 4 is 5.91 Å². The van der Waals surface area contributed by atoms with E-state index in [9.17, 15) is 4.79 Å². The lowest BCUT2D eigenvalue weighted by atomic mass is 9.45. The maximum atomic E-state index is 12.4. The third-order valence-electron chi connectivity index (χ3n) is 9.60. The highest BCUT2D eigenvalue weighted by atomic mass is 16.5. The van der Waals surface area contributed by atoms with Gasteiger partial charge in [-0.2, -0.15) is 0 Å². The van der Waals surface area contributed by atoms with Crippen molar-refractivity contribution in [1.29, 1.82) is 0 Å². The number of carbonyl (C=O) groups excluding carboxylic acids is 1. The zero-order chi connectivity index (χ0) is 20.4. The molecule has 5 rings (SSSR count). The zero-order valence-corrected chi connectivity index (χ0v) is 18.4. The zero-order valence-electron chi connectivity index (χ0n) is 18.4. The number of rotatable bonds is 2. The Morgan fingerprint density at radius 1 is 1.21 bits per heavy atom. The van der Waals surface area contributed by atoms with E-state index in [1.54, 1.807) is 6.20 Å². The summed E-state index contributed by atoms with van der Waals surface area (Å²) >= 11 is 0. The van der Waals surface area contributed by atoms with Gasteiger partial charge in [0.25, 0.3) is 0 Å². The largest absolute Gasteiger partial charge is 0.489 e. The topological polar surface area (TPSA) is 42.4 Å². The van der Waals surface area contributed by atoms with Gasteiger partial charge < -0.3 is 9.64 Å².